The number of hydrogen-bond acceptors (Lipinski definition) is 3. The van der Waals surface area contributed by atoms with Gasteiger partial charge in [0.2, 0.25) is 5.91 Å². The summed E-state index contributed by atoms with van der Waals surface area (Å²) in [6.45, 7) is -0.210. The first-order valence-corrected chi connectivity index (χ1v) is 9.38. The maximum atomic E-state index is 12.8. The quantitative estimate of drug-likeness (QED) is 0.580. The van der Waals surface area contributed by atoms with Crippen molar-refractivity contribution in [3.05, 3.63) is 90.0 Å². The molecule has 0 saturated carbocycles. The second-order valence-corrected chi connectivity index (χ2v) is 6.76. The highest BCUT2D eigenvalue weighted by Crippen LogP contribution is 2.30. The average molecular weight is 427 g/mol. The molecule has 0 saturated heterocycles. The van der Waals surface area contributed by atoms with Crippen molar-refractivity contribution in [3.63, 3.8) is 0 Å². The van der Waals surface area contributed by atoms with Gasteiger partial charge in [-0.2, -0.15) is 13.2 Å². The Morgan fingerprint density at radius 1 is 0.871 bits per heavy atom. The van der Waals surface area contributed by atoms with Gasteiger partial charge in [-0.25, -0.2) is 0 Å². The zero-order valence-electron chi connectivity index (χ0n) is 16.6. The molecule has 2 N–H and O–H groups in total. The summed E-state index contributed by atoms with van der Waals surface area (Å²) in [5.74, 6) is -0.631. The van der Waals surface area contributed by atoms with Crippen LogP contribution in [-0.2, 0) is 11.0 Å². The smallest absolute Gasteiger partial charge is 0.376 e. The molecule has 0 aliphatic carbocycles. The summed E-state index contributed by atoms with van der Waals surface area (Å²) in [5, 5.41) is 5.30. The molecule has 160 valence electrons. The molecule has 3 aromatic carbocycles. The van der Waals surface area contributed by atoms with Crippen LogP contribution in [0.2, 0.25) is 0 Å². The highest BCUT2D eigenvalue weighted by molar-refractivity contribution is 6.06. The fourth-order valence-corrected chi connectivity index (χ4v) is 2.85. The molecule has 8 heteroatoms. The molecule has 0 spiro atoms. The second-order valence-electron chi connectivity index (χ2n) is 6.76. The fourth-order valence-electron chi connectivity index (χ4n) is 2.85. The van der Waals surface area contributed by atoms with Crippen molar-refractivity contribution in [3.8, 4) is 0 Å². The van der Waals surface area contributed by atoms with Crippen molar-refractivity contribution in [2.24, 2.45) is 0 Å². The number of amides is 2. The molecule has 0 aromatic heterocycles. The van der Waals surface area contributed by atoms with E-state index in [1.54, 1.807) is 31.3 Å². The summed E-state index contributed by atoms with van der Waals surface area (Å²) in [5.41, 5.74) is 1.07. The lowest BCUT2D eigenvalue weighted by molar-refractivity contribution is -0.137. The number of anilines is 3. The summed E-state index contributed by atoms with van der Waals surface area (Å²) in [4.78, 5) is 26.2. The summed E-state index contributed by atoms with van der Waals surface area (Å²) < 4.78 is 38.3. The number of carbonyl (C=O) groups excluding carboxylic acids is 2. The average Bonchev–Trinajstić information content (AvgIpc) is 2.77. The summed E-state index contributed by atoms with van der Waals surface area (Å²) in [6.07, 6.45) is -4.45. The van der Waals surface area contributed by atoms with Crippen LogP contribution in [0.15, 0.2) is 78.9 Å². The Hall–Kier alpha value is -3.81. The van der Waals surface area contributed by atoms with Gasteiger partial charge in [-0.1, -0.05) is 24.3 Å². The van der Waals surface area contributed by atoms with Crippen LogP contribution in [0.25, 0.3) is 0 Å². The lowest BCUT2D eigenvalue weighted by Gasteiger charge is -2.17. The maximum absolute atomic E-state index is 12.8. The minimum Gasteiger partial charge on any atom is -0.376 e. The van der Waals surface area contributed by atoms with Crippen molar-refractivity contribution in [1.82, 2.24) is 0 Å². The normalized spacial score (nSPS) is 11.0. The molecule has 3 rings (SSSR count). The third-order valence-electron chi connectivity index (χ3n) is 4.51. The van der Waals surface area contributed by atoms with E-state index >= 15 is 0 Å². The Labute approximate surface area is 177 Å². The summed E-state index contributed by atoms with van der Waals surface area (Å²) in [7, 11) is 1.67. The Balaban J connectivity index is 1.56. The number of nitrogens with one attached hydrogen (secondary N) is 2. The minimum absolute atomic E-state index is 0.190. The van der Waals surface area contributed by atoms with E-state index in [1.807, 2.05) is 30.3 Å². The van der Waals surface area contributed by atoms with Crippen LogP contribution in [0.5, 0.6) is 0 Å². The Morgan fingerprint density at radius 3 is 2.19 bits per heavy atom. The topological polar surface area (TPSA) is 61.4 Å². The Kier molecular flexibility index (Phi) is 6.59. The second kappa shape index (κ2) is 9.34. The van der Waals surface area contributed by atoms with Gasteiger partial charge < -0.3 is 15.5 Å². The van der Waals surface area contributed by atoms with E-state index in [2.05, 4.69) is 10.6 Å². The molecule has 0 aliphatic rings. The zero-order chi connectivity index (χ0) is 22.4. The van der Waals surface area contributed by atoms with Crippen LogP contribution in [-0.4, -0.2) is 25.4 Å². The van der Waals surface area contributed by atoms with Crippen LogP contribution in [0.4, 0.5) is 30.2 Å². The minimum atomic E-state index is -4.45. The molecular formula is C23H20F3N3O2. The molecule has 2 amide bonds. The number of carbonyl (C=O) groups is 2. The van der Waals surface area contributed by atoms with Crippen molar-refractivity contribution < 1.29 is 22.8 Å². The molecule has 0 aliphatic heterocycles. The lowest BCUT2D eigenvalue weighted by Crippen LogP contribution is -2.26. The highest BCUT2D eigenvalue weighted by Gasteiger charge is 2.30. The number of halogens is 3. The van der Waals surface area contributed by atoms with Crippen molar-refractivity contribution in [2.45, 2.75) is 6.18 Å². The molecule has 0 fully saturated rings. The standard InChI is InChI=1S/C23H20F3N3O2/c1-29(20-8-3-2-4-9-20)22(31)16-10-12-18(13-11-16)28-21(30)15-27-19-7-5-6-17(14-19)23(24,25)26/h2-14,27H,15H2,1H3,(H,28,30). The molecule has 5 nitrogen and oxygen atoms in total. The van der Waals surface area contributed by atoms with Crippen molar-refractivity contribution in [1.29, 1.82) is 0 Å². The predicted octanol–water partition coefficient (Wildman–Crippen LogP) is 5.03. The molecule has 0 atom stereocenters. The summed E-state index contributed by atoms with van der Waals surface area (Å²) >= 11 is 0. The van der Waals surface area contributed by atoms with Crippen molar-refractivity contribution in [2.75, 3.05) is 29.1 Å². The van der Waals surface area contributed by atoms with Crippen LogP contribution in [0.3, 0.4) is 0 Å². The molecule has 0 radical (unpaired) electrons. The predicted molar refractivity (Wildman–Crippen MR) is 114 cm³/mol. The number of hydrogen-bond donors (Lipinski definition) is 2. The monoisotopic (exact) mass is 427 g/mol. The number of nitrogens with zero attached hydrogens (tertiary/aromatic N) is 1. The van der Waals surface area contributed by atoms with Gasteiger partial charge in [0.1, 0.15) is 0 Å². The Bertz CT molecular complexity index is 1050. The third kappa shape index (κ3) is 5.85. The van der Waals surface area contributed by atoms with Gasteiger partial charge in [0.15, 0.2) is 0 Å². The van der Waals surface area contributed by atoms with E-state index < -0.39 is 17.6 Å². The molecule has 0 bridgehead atoms. The number of alkyl halides is 3. The van der Waals surface area contributed by atoms with Gasteiger partial charge in [-0.05, 0) is 54.6 Å². The number of benzene rings is 3. The first-order valence-electron chi connectivity index (χ1n) is 9.38. The van der Waals surface area contributed by atoms with E-state index in [1.165, 1.54) is 17.0 Å². The van der Waals surface area contributed by atoms with Gasteiger partial charge in [0.05, 0.1) is 12.1 Å². The summed E-state index contributed by atoms with van der Waals surface area (Å²) in [6, 6.07) is 20.2. The van der Waals surface area contributed by atoms with Crippen LogP contribution in [0.1, 0.15) is 15.9 Å². The van der Waals surface area contributed by atoms with Crippen LogP contribution >= 0.6 is 0 Å². The molecule has 0 unspecified atom stereocenters. The van der Waals surface area contributed by atoms with Gasteiger partial charge in [-0.3, -0.25) is 9.59 Å². The van der Waals surface area contributed by atoms with Crippen LogP contribution < -0.4 is 15.5 Å². The maximum Gasteiger partial charge on any atom is 0.416 e. The molecule has 0 heterocycles. The fraction of sp³-hybridized carbons (Fsp3) is 0.130. The van der Waals surface area contributed by atoms with Crippen molar-refractivity contribution >= 4 is 28.9 Å². The van der Waals surface area contributed by atoms with Crippen LogP contribution in [0, 0.1) is 0 Å². The van der Waals surface area contributed by atoms with E-state index in [9.17, 15) is 22.8 Å². The first-order chi connectivity index (χ1) is 14.7. The van der Waals surface area contributed by atoms with E-state index in [-0.39, 0.29) is 18.1 Å². The van der Waals surface area contributed by atoms with E-state index in [0.717, 1.165) is 17.8 Å². The van der Waals surface area contributed by atoms with E-state index in [4.69, 9.17) is 0 Å². The Morgan fingerprint density at radius 2 is 1.55 bits per heavy atom. The zero-order valence-corrected chi connectivity index (χ0v) is 16.6. The van der Waals surface area contributed by atoms with E-state index in [0.29, 0.717) is 11.3 Å². The molecule has 3 aromatic rings. The SMILES string of the molecule is CN(C(=O)c1ccc(NC(=O)CNc2cccc(C(F)(F)F)c2)cc1)c1ccccc1. The third-order valence-corrected chi connectivity index (χ3v) is 4.51. The van der Waals surface area contributed by atoms with Gasteiger partial charge in [0, 0.05) is 29.7 Å². The largest absolute Gasteiger partial charge is 0.416 e. The molecular weight excluding hydrogens is 407 g/mol. The van der Waals surface area contributed by atoms with Gasteiger partial charge in [-0.15, -0.1) is 0 Å². The number of rotatable bonds is 6. The first kappa shape index (κ1) is 21.9. The lowest BCUT2D eigenvalue weighted by atomic mass is 10.1. The van der Waals surface area contributed by atoms with Gasteiger partial charge >= 0.3 is 6.18 Å². The number of para-hydroxylation sites is 1. The molecule has 31 heavy (non-hydrogen) atoms. The highest BCUT2D eigenvalue weighted by atomic mass is 19.4. The van der Waals surface area contributed by atoms with Gasteiger partial charge in [0.25, 0.3) is 5.91 Å².